The molecule has 0 saturated carbocycles. The predicted octanol–water partition coefficient (Wildman–Crippen LogP) is 2.53. The Bertz CT molecular complexity index is 643. The van der Waals surface area contributed by atoms with Crippen molar-refractivity contribution >= 4 is 5.97 Å². The lowest BCUT2D eigenvalue weighted by Gasteiger charge is -2.36. The van der Waals surface area contributed by atoms with E-state index in [2.05, 4.69) is 22.3 Å². The quantitative estimate of drug-likeness (QED) is 0.910. The van der Waals surface area contributed by atoms with Crippen molar-refractivity contribution in [2.75, 3.05) is 19.6 Å². The molecule has 0 radical (unpaired) electrons. The molecular formula is C18H20N2O2. The first-order chi connectivity index (χ1) is 10.8. The number of hydrogen-bond donors (Lipinski definition) is 2. The molecule has 1 heterocycles. The molecule has 0 spiro atoms. The van der Waals surface area contributed by atoms with Gasteiger partial charge in [0.15, 0.2) is 0 Å². The summed E-state index contributed by atoms with van der Waals surface area (Å²) in [6.45, 7) is 3.38. The fraction of sp³-hybridized carbons (Fsp3) is 0.278. The van der Waals surface area contributed by atoms with Crippen molar-refractivity contribution in [2.24, 2.45) is 0 Å². The summed E-state index contributed by atoms with van der Waals surface area (Å²) in [6.07, 6.45) is 0. The van der Waals surface area contributed by atoms with Crippen LogP contribution in [0.3, 0.4) is 0 Å². The average molecular weight is 296 g/mol. The molecule has 1 saturated heterocycles. The molecule has 22 heavy (non-hydrogen) atoms. The minimum absolute atomic E-state index is 0.275. The van der Waals surface area contributed by atoms with Gasteiger partial charge in [-0.2, -0.15) is 0 Å². The predicted molar refractivity (Wildman–Crippen MR) is 85.9 cm³/mol. The molecule has 1 atom stereocenters. The summed E-state index contributed by atoms with van der Waals surface area (Å²) in [7, 11) is 0. The fourth-order valence-electron chi connectivity index (χ4n) is 3.03. The molecule has 1 aliphatic rings. The Hall–Kier alpha value is -2.17. The summed E-state index contributed by atoms with van der Waals surface area (Å²) in [6, 6.07) is 17.9. The van der Waals surface area contributed by atoms with Crippen LogP contribution in [0.25, 0.3) is 0 Å². The fourth-order valence-corrected chi connectivity index (χ4v) is 3.03. The smallest absolute Gasteiger partial charge is 0.336 e. The van der Waals surface area contributed by atoms with Crippen molar-refractivity contribution in [1.29, 1.82) is 0 Å². The molecular weight excluding hydrogens is 276 g/mol. The SMILES string of the molecule is O=C(O)c1ccccc1CN1CCNC[C@H]1c1ccccc1. The highest BCUT2D eigenvalue weighted by atomic mass is 16.4. The van der Waals surface area contributed by atoms with Gasteiger partial charge in [-0.05, 0) is 17.2 Å². The van der Waals surface area contributed by atoms with E-state index in [1.165, 1.54) is 5.56 Å². The molecule has 0 amide bonds. The van der Waals surface area contributed by atoms with Crippen LogP contribution in [0.15, 0.2) is 54.6 Å². The number of nitrogens with zero attached hydrogens (tertiary/aromatic N) is 1. The van der Waals surface area contributed by atoms with Gasteiger partial charge in [0.05, 0.1) is 5.56 Å². The van der Waals surface area contributed by atoms with E-state index in [0.717, 1.165) is 25.2 Å². The Morgan fingerprint density at radius 1 is 1.14 bits per heavy atom. The Balaban J connectivity index is 1.85. The van der Waals surface area contributed by atoms with Gasteiger partial charge in [0.2, 0.25) is 0 Å². The van der Waals surface area contributed by atoms with Gasteiger partial charge in [0, 0.05) is 32.2 Å². The first kappa shape index (κ1) is 14.8. The number of rotatable bonds is 4. The highest BCUT2D eigenvalue weighted by Gasteiger charge is 2.24. The van der Waals surface area contributed by atoms with Crippen LogP contribution in [0.4, 0.5) is 0 Å². The zero-order chi connectivity index (χ0) is 15.4. The van der Waals surface area contributed by atoms with Gasteiger partial charge >= 0.3 is 5.97 Å². The molecule has 4 nitrogen and oxygen atoms in total. The Morgan fingerprint density at radius 2 is 1.86 bits per heavy atom. The summed E-state index contributed by atoms with van der Waals surface area (Å²) >= 11 is 0. The van der Waals surface area contributed by atoms with Gasteiger partial charge in [0.25, 0.3) is 0 Å². The number of carboxylic acid groups (broad SMARTS) is 1. The number of nitrogens with one attached hydrogen (secondary N) is 1. The standard InChI is InChI=1S/C18H20N2O2/c21-18(22)16-9-5-4-8-15(16)13-20-11-10-19-12-17(20)14-6-2-1-3-7-14/h1-9,17,19H,10-13H2,(H,21,22)/t17-/m0/s1. The van der Waals surface area contributed by atoms with Crippen LogP contribution in [0.1, 0.15) is 27.5 Å². The molecule has 0 aromatic heterocycles. The van der Waals surface area contributed by atoms with Crippen molar-refractivity contribution < 1.29 is 9.90 Å². The zero-order valence-electron chi connectivity index (χ0n) is 12.4. The van der Waals surface area contributed by atoms with Crippen LogP contribution in [0.5, 0.6) is 0 Å². The van der Waals surface area contributed by atoms with Gasteiger partial charge in [-0.25, -0.2) is 4.79 Å². The van der Waals surface area contributed by atoms with Gasteiger partial charge in [0.1, 0.15) is 0 Å². The average Bonchev–Trinajstić information content (AvgIpc) is 2.56. The lowest BCUT2D eigenvalue weighted by molar-refractivity contribution is 0.0693. The number of hydrogen-bond acceptors (Lipinski definition) is 3. The number of carbonyl (C=O) groups is 1. The van der Waals surface area contributed by atoms with Crippen molar-refractivity contribution in [2.45, 2.75) is 12.6 Å². The summed E-state index contributed by atoms with van der Waals surface area (Å²) in [5, 5.41) is 12.8. The summed E-state index contributed by atoms with van der Waals surface area (Å²) in [5.74, 6) is -0.859. The molecule has 2 aromatic carbocycles. The number of piperazine rings is 1. The zero-order valence-corrected chi connectivity index (χ0v) is 12.4. The van der Waals surface area contributed by atoms with Crippen LogP contribution < -0.4 is 5.32 Å². The van der Waals surface area contributed by atoms with E-state index in [9.17, 15) is 9.90 Å². The van der Waals surface area contributed by atoms with E-state index in [4.69, 9.17) is 0 Å². The molecule has 1 aliphatic heterocycles. The molecule has 4 heteroatoms. The van der Waals surface area contributed by atoms with Gasteiger partial charge in [-0.15, -0.1) is 0 Å². The second kappa shape index (κ2) is 6.73. The monoisotopic (exact) mass is 296 g/mol. The largest absolute Gasteiger partial charge is 0.478 e. The third kappa shape index (κ3) is 3.18. The molecule has 0 unspecified atom stereocenters. The Kier molecular flexibility index (Phi) is 4.51. The summed E-state index contributed by atoms with van der Waals surface area (Å²) in [5.41, 5.74) is 2.54. The van der Waals surface area contributed by atoms with E-state index in [1.807, 2.05) is 30.3 Å². The first-order valence-electron chi connectivity index (χ1n) is 7.56. The van der Waals surface area contributed by atoms with Gasteiger partial charge in [-0.3, -0.25) is 4.90 Å². The maximum Gasteiger partial charge on any atom is 0.336 e. The van der Waals surface area contributed by atoms with Crippen molar-refractivity contribution in [1.82, 2.24) is 10.2 Å². The molecule has 3 rings (SSSR count). The maximum absolute atomic E-state index is 11.4. The summed E-state index contributed by atoms with van der Waals surface area (Å²) < 4.78 is 0. The van der Waals surface area contributed by atoms with E-state index >= 15 is 0 Å². The second-order valence-corrected chi connectivity index (χ2v) is 5.56. The number of carboxylic acids is 1. The normalized spacial score (nSPS) is 19.0. The summed E-state index contributed by atoms with van der Waals surface area (Å²) in [4.78, 5) is 13.7. The number of aromatic carboxylic acids is 1. The van der Waals surface area contributed by atoms with Crippen molar-refractivity contribution in [3.63, 3.8) is 0 Å². The van der Waals surface area contributed by atoms with Crippen LogP contribution in [-0.4, -0.2) is 35.6 Å². The lowest BCUT2D eigenvalue weighted by Crippen LogP contribution is -2.45. The molecule has 2 aromatic rings. The van der Waals surface area contributed by atoms with E-state index in [1.54, 1.807) is 12.1 Å². The van der Waals surface area contributed by atoms with Crippen LogP contribution in [-0.2, 0) is 6.54 Å². The minimum atomic E-state index is -0.859. The third-order valence-corrected chi connectivity index (χ3v) is 4.16. The first-order valence-corrected chi connectivity index (χ1v) is 7.56. The van der Waals surface area contributed by atoms with Gasteiger partial charge in [-0.1, -0.05) is 48.5 Å². The maximum atomic E-state index is 11.4. The van der Waals surface area contributed by atoms with Crippen molar-refractivity contribution in [3.8, 4) is 0 Å². The highest BCUT2D eigenvalue weighted by molar-refractivity contribution is 5.89. The van der Waals surface area contributed by atoms with Crippen molar-refractivity contribution in [3.05, 3.63) is 71.3 Å². The van der Waals surface area contributed by atoms with E-state index in [0.29, 0.717) is 12.1 Å². The molecule has 2 N–H and O–H groups in total. The molecule has 114 valence electrons. The number of benzene rings is 2. The Morgan fingerprint density at radius 3 is 2.64 bits per heavy atom. The Labute approximate surface area is 130 Å². The van der Waals surface area contributed by atoms with Crippen LogP contribution >= 0.6 is 0 Å². The molecule has 0 aliphatic carbocycles. The van der Waals surface area contributed by atoms with Gasteiger partial charge < -0.3 is 10.4 Å². The molecule has 0 bridgehead atoms. The topological polar surface area (TPSA) is 52.6 Å². The van der Waals surface area contributed by atoms with E-state index in [-0.39, 0.29) is 6.04 Å². The van der Waals surface area contributed by atoms with E-state index < -0.39 is 5.97 Å². The van der Waals surface area contributed by atoms with Crippen LogP contribution in [0, 0.1) is 0 Å². The van der Waals surface area contributed by atoms with Crippen LogP contribution in [0.2, 0.25) is 0 Å². The third-order valence-electron chi connectivity index (χ3n) is 4.16. The molecule has 1 fully saturated rings. The second-order valence-electron chi connectivity index (χ2n) is 5.56. The lowest BCUT2D eigenvalue weighted by atomic mass is 10.0. The minimum Gasteiger partial charge on any atom is -0.478 e. The highest BCUT2D eigenvalue weighted by Crippen LogP contribution is 2.25.